The quantitative estimate of drug-likeness (QED) is 0.294. The maximum atomic E-state index is 14.3. The molecule has 2 rings (SSSR count). The molecule has 0 aliphatic carbocycles. The summed E-state index contributed by atoms with van der Waals surface area (Å²) in [6.45, 7) is 5.88. The average molecular weight is 566 g/mol. The van der Waals surface area contributed by atoms with Crippen LogP contribution in [0.15, 0.2) is 12.1 Å². The fourth-order valence-corrected chi connectivity index (χ4v) is 3.59. The number of hydrogen-bond donors (Lipinski definition) is 3. The fourth-order valence-electron chi connectivity index (χ4n) is 3.59. The van der Waals surface area contributed by atoms with Crippen LogP contribution in [0.2, 0.25) is 0 Å². The van der Waals surface area contributed by atoms with Crippen molar-refractivity contribution in [1.82, 2.24) is 20.2 Å². The zero-order chi connectivity index (χ0) is 29.7. The van der Waals surface area contributed by atoms with Crippen molar-refractivity contribution in [3.63, 3.8) is 0 Å². The number of nitrogens with one attached hydrogen (secondary N) is 2. The molecule has 0 saturated carbocycles. The van der Waals surface area contributed by atoms with E-state index in [4.69, 9.17) is 10.5 Å². The molecule has 0 bridgehead atoms. The molecule has 1 atom stereocenters. The fraction of sp³-hybridized carbons (Fsp3) is 0.500. The Labute approximate surface area is 220 Å². The van der Waals surface area contributed by atoms with Gasteiger partial charge in [-0.05, 0) is 45.2 Å². The van der Waals surface area contributed by atoms with Crippen molar-refractivity contribution < 1.29 is 45.5 Å². The van der Waals surface area contributed by atoms with E-state index in [1.165, 1.54) is 0 Å². The number of rotatable bonds is 10. The van der Waals surface area contributed by atoms with Gasteiger partial charge in [-0.3, -0.25) is 9.59 Å². The summed E-state index contributed by atoms with van der Waals surface area (Å²) in [5.41, 5.74) is 2.81. The van der Waals surface area contributed by atoms with E-state index in [1.54, 1.807) is 27.7 Å². The van der Waals surface area contributed by atoms with Crippen LogP contribution in [-0.4, -0.2) is 51.0 Å². The van der Waals surface area contributed by atoms with Crippen molar-refractivity contribution in [3.8, 4) is 0 Å². The molecule has 9 nitrogen and oxygen atoms in total. The van der Waals surface area contributed by atoms with Gasteiger partial charge in [-0.15, -0.1) is 0 Å². The molecule has 0 aliphatic heterocycles. The summed E-state index contributed by atoms with van der Waals surface area (Å²) in [5, 5.41) is 2.39. The number of aromatic amines is 1. The van der Waals surface area contributed by atoms with Crippen molar-refractivity contribution in [2.45, 2.75) is 71.3 Å². The van der Waals surface area contributed by atoms with E-state index in [0.717, 1.165) is 4.90 Å². The lowest BCUT2D eigenvalue weighted by Gasteiger charge is -2.27. The highest BCUT2D eigenvalue weighted by Gasteiger charge is 2.37. The summed E-state index contributed by atoms with van der Waals surface area (Å²) >= 11 is 0. The van der Waals surface area contributed by atoms with Crippen molar-refractivity contribution in [1.29, 1.82) is 0 Å². The highest BCUT2D eigenvalue weighted by atomic mass is 19.4. The Morgan fingerprint density at radius 2 is 1.72 bits per heavy atom. The van der Waals surface area contributed by atoms with Crippen LogP contribution >= 0.6 is 0 Å². The SMILES string of the molecule is CCCN(Cc1[nH]c(C(F)(F)F)nc1C(N)=O)C(=O)C[C@@H](Cc1cc(F)c(F)cc1F)NC(=O)OC(C)(C)C. The first kappa shape index (κ1) is 31.4. The maximum absolute atomic E-state index is 14.3. The Morgan fingerprint density at radius 1 is 1.10 bits per heavy atom. The Bertz CT molecular complexity index is 1210. The number of H-pyrrole nitrogens is 1. The molecule has 1 aromatic heterocycles. The first-order valence-corrected chi connectivity index (χ1v) is 11.8. The number of carbonyl (C=O) groups excluding carboxylic acids is 3. The molecule has 0 spiro atoms. The number of carbonyl (C=O) groups is 3. The largest absolute Gasteiger partial charge is 0.449 e. The van der Waals surface area contributed by atoms with Gasteiger partial charge in [0.2, 0.25) is 11.7 Å². The Hall–Kier alpha value is -3.78. The molecule has 0 unspecified atom stereocenters. The highest BCUT2D eigenvalue weighted by Crippen LogP contribution is 2.28. The van der Waals surface area contributed by atoms with Crippen LogP contribution in [0.5, 0.6) is 0 Å². The number of imidazole rings is 1. The first-order valence-electron chi connectivity index (χ1n) is 11.8. The molecule has 39 heavy (non-hydrogen) atoms. The van der Waals surface area contributed by atoms with E-state index in [9.17, 15) is 40.7 Å². The number of primary amides is 1. The summed E-state index contributed by atoms with van der Waals surface area (Å²) in [7, 11) is 0. The lowest BCUT2D eigenvalue weighted by atomic mass is 10.0. The summed E-state index contributed by atoms with van der Waals surface area (Å²) in [6.07, 6.45) is -6.55. The van der Waals surface area contributed by atoms with Crippen molar-refractivity contribution in [2.75, 3.05) is 6.54 Å². The summed E-state index contributed by atoms with van der Waals surface area (Å²) < 4.78 is 86.0. The predicted molar refractivity (Wildman–Crippen MR) is 126 cm³/mol. The van der Waals surface area contributed by atoms with E-state index >= 15 is 0 Å². The second-order valence-corrected chi connectivity index (χ2v) is 9.70. The van der Waals surface area contributed by atoms with Gasteiger partial charge in [-0.25, -0.2) is 22.9 Å². The van der Waals surface area contributed by atoms with Crippen LogP contribution in [0.4, 0.5) is 31.1 Å². The molecule has 216 valence electrons. The van der Waals surface area contributed by atoms with Gasteiger partial charge in [0, 0.05) is 25.1 Å². The lowest BCUT2D eigenvalue weighted by Crippen LogP contribution is -2.44. The van der Waals surface area contributed by atoms with Crippen LogP contribution in [0, 0.1) is 17.5 Å². The lowest BCUT2D eigenvalue weighted by molar-refractivity contribution is -0.144. The molecule has 0 saturated heterocycles. The van der Waals surface area contributed by atoms with E-state index in [1.807, 2.05) is 4.98 Å². The first-order chi connectivity index (χ1) is 17.9. The standard InChI is InChI=1S/C24H29F6N5O4/c1-5-6-35(11-17-19(20(31)37)34-21(33-17)24(28,29)30)18(36)9-13(32-22(38)39-23(2,3)4)7-12-8-15(26)16(27)10-14(12)25/h8,10,13H,5-7,9,11H2,1-4H3,(H2,31,37)(H,32,38)(H,33,34)/t13-/m1/s1. The number of halogens is 6. The molecule has 3 amide bonds. The summed E-state index contributed by atoms with van der Waals surface area (Å²) in [6, 6.07) is -0.290. The topological polar surface area (TPSA) is 130 Å². The van der Waals surface area contributed by atoms with Crippen molar-refractivity contribution >= 4 is 17.9 Å². The number of nitrogens with two attached hydrogens (primary N) is 1. The van der Waals surface area contributed by atoms with Gasteiger partial charge < -0.3 is 25.7 Å². The van der Waals surface area contributed by atoms with Gasteiger partial charge in [0.15, 0.2) is 17.3 Å². The Balaban J connectivity index is 2.35. The maximum Gasteiger partial charge on any atom is 0.449 e. The second kappa shape index (κ2) is 12.4. The third kappa shape index (κ3) is 9.18. The number of alkyl halides is 3. The molecule has 0 radical (unpaired) electrons. The molecule has 0 fully saturated rings. The summed E-state index contributed by atoms with van der Waals surface area (Å²) in [4.78, 5) is 43.6. The number of alkyl carbamates (subject to hydrolysis) is 1. The van der Waals surface area contributed by atoms with Gasteiger partial charge in [-0.2, -0.15) is 13.2 Å². The third-order valence-corrected chi connectivity index (χ3v) is 5.17. The molecule has 1 heterocycles. The minimum atomic E-state index is -4.92. The number of amides is 3. The minimum absolute atomic E-state index is 0.0100. The smallest absolute Gasteiger partial charge is 0.444 e. The minimum Gasteiger partial charge on any atom is -0.444 e. The molecule has 2 aromatic rings. The number of aromatic nitrogens is 2. The van der Waals surface area contributed by atoms with E-state index in [0.29, 0.717) is 18.6 Å². The van der Waals surface area contributed by atoms with Gasteiger partial charge in [0.05, 0.1) is 12.2 Å². The van der Waals surface area contributed by atoms with Crippen LogP contribution in [-0.2, 0) is 28.7 Å². The van der Waals surface area contributed by atoms with Crippen LogP contribution < -0.4 is 11.1 Å². The highest BCUT2D eigenvalue weighted by molar-refractivity contribution is 5.92. The molecule has 0 aliphatic rings. The van der Waals surface area contributed by atoms with Crippen LogP contribution in [0.1, 0.15) is 68.1 Å². The third-order valence-electron chi connectivity index (χ3n) is 5.17. The van der Waals surface area contributed by atoms with E-state index in [2.05, 4.69) is 10.3 Å². The molecule has 4 N–H and O–H groups in total. The van der Waals surface area contributed by atoms with Crippen molar-refractivity contribution in [2.24, 2.45) is 5.73 Å². The molecular formula is C24H29F6N5O4. The van der Waals surface area contributed by atoms with Crippen LogP contribution in [0.25, 0.3) is 0 Å². The van der Waals surface area contributed by atoms with Crippen molar-refractivity contribution in [3.05, 3.63) is 52.4 Å². The zero-order valence-electron chi connectivity index (χ0n) is 21.6. The zero-order valence-corrected chi connectivity index (χ0v) is 21.6. The number of benzene rings is 1. The molecule has 15 heteroatoms. The second-order valence-electron chi connectivity index (χ2n) is 9.70. The number of nitrogens with zero attached hydrogens (tertiary/aromatic N) is 2. The Morgan fingerprint density at radius 3 is 2.26 bits per heavy atom. The monoisotopic (exact) mass is 565 g/mol. The molecular weight excluding hydrogens is 536 g/mol. The van der Waals surface area contributed by atoms with Gasteiger partial charge in [-0.1, -0.05) is 6.92 Å². The van der Waals surface area contributed by atoms with E-state index < -0.39 is 84.1 Å². The number of ether oxygens (including phenoxy) is 1. The summed E-state index contributed by atoms with van der Waals surface area (Å²) in [5.74, 6) is -7.35. The predicted octanol–water partition coefficient (Wildman–Crippen LogP) is 4.21. The average Bonchev–Trinajstić information content (AvgIpc) is 3.20. The van der Waals surface area contributed by atoms with Gasteiger partial charge >= 0.3 is 12.3 Å². The van der Waals surface area contributed by atoms with Gasteiger partial charge in [0.25, 0.3) is 5.91 Å². The normalized spacial score (nSPS) is 12.7. The van der Waals surface area contributed by atoms with Gasteiger partial charge in [0.1, 0.15) is 11.4 Å². The Kier molecular flexibility index (Phi) is 9.98. The van der Waals surface area contributed by atoms with Crippen LogP contribution in [0.3, 0.4) is 0 Å². The van der Waals surface area contributed by atoms with E-state index in [-0.39, 0.29) is 17.8 Å². The molecule has 1 aromatic carbocycles. The number of hydrogen-bond acceptors (Lipinski definition) is 5.